The van der Waals surface area contributed by atoms with E-state index < -0.39 is 10.9 Å². The van der Waals surface area contributed by atoms with Crippen molar-refractivity contribution in [2.75, 3.05) is 25.6 Å². The highest BCUT2D eigenvalue weighted by atomic mass is 35.5. The summed E-state index contributed by atoms with van der Waals surface area (Å²) in [5.74, 6) is -0.271. The average Bonchev–Trinajstić information content (AvgIpc) is 2.59. The van der Waals surface area contributed by atoms with E-state index in [1.807, 2.05) is 0 Å². The van der Waals surface area contributed by atoms with Crippen LogP contribution in [-0.4, -0.2) is 31.2 Å². The molecular formula is C16H14Cl2N2O5. The molecule has 9 heteroatoms. The predicted octanol–water partition coefficient (Wildman–Crippen LogP) is 4.18. The van der Waals surface area contributed by atoms with Gasteiger partial charge in [0, 0.05) is 18.1 Å². The lowest BCUT2D eigenvalue weighted by Gasteiger charge is -2.09. The van der Waals surface area contributed by atoms with Crippen LogP contribution in [0.15, 0.2) is 36.4 Å². The van der Waals surface area contributed by atoms with Crippen molar-refractivity contribution in [1.82, 2.24) is 0 Å². The van der Waals surface area contributed by atoms with Crippen LogP contribution in [0.3, 0.4) is 0 Å². The van der Waals surface area contributed by atoms with Gasteiger partial charge in [0.25, 0.3) is 5.69 Å². The molecule has 0 heterocycles. The third kappa shape index (κ3) is 4.98. The number of nitrogens with one attached hydrogen (secondary N) is 1. The van der Waals surface area contributed by atoms with Gasteiger partial charge < -0.3 is 14.8 Å². The van der Waals surface area contributed by atoms with Crippen LogP contribution in [0.1, 0.15) is 10.4 Å². The molecule has 0 aliphatic carbocycles. The van der Waals surface area contributed by atoms with Gasteiger partial charge in [0.2, 0.25) is 0 Å². The van der Waals surface area contributed by atoms with E-state index in [2.05, 4.69) is 5.32 Å². The van der Waals surface area contributed by atoms with Crippen molar-refractivity contribution in [2.24, 2.45) is 0 Å². The summed E-state index contributed by atoms with van der Waals surface area (Å²) in [7, 11) is 1.56. The molecule has 0 amide bonds. The van der Waals surface area contributed by atoms with Gasteiger partial charge >= 0.3 is 5.97 Å². The number of carbonyl (C=O) groups is 1. The standard InChI is InChI=1S/C16H14Cl2N2O5/c1-19-13-4-2-10(8-14(13)20(22)23)16(21)25-7-6-24-15-5-3-11(17)9-12(15)18/h2-5,8-9,19H,6-7H2,1H3. The Morgan fingerprint density at radius 3 is 2.60 bits per heavy atom. The van der Waals surface area contributed by atoms with E-state index in [4.69, 9.17) is 32.7 Å². The van der Waals surface area contributed by atoms with Gasteiger partial charge in [-0.25, -0.2) is 4.79 Å². The lowest BCUT2D eigenvalue weighted by atomic mass is 10.1. The van der Waals surface area contributed by atoms with Crippen molar-refractivity contribution in [3.05, 3.63) is 62.1 Å². The Labute approximate surface area is 153 Å². The lowest BCUT2D eigenvalue weighted by molar-refractivity contribution is -0.384. The SMILES string of the molecule is CNc1ccc(C(=O)OCCOc2ccc(Cl)cc2Cl)cc1[N+](=O)[O-]. The van der Waals surface area contributed by atoms with Crippen molar-refractivity contribution in [2.45, 2.75) is 0 Å². The van der Waals surface area contributed by atoms with E-state index in [0.29, 0.717) is 21.5 Å². The maximum absolute atomic E-state index is 12.0. The number of halogens is 2. The molecule has 0 atom stereocenters. The Balaban J connectivity index is 1.92. The first-order chi connectivity index (χ1) is 11.9. The molecule has 1 N–H and O–H groups in total. The van der Waals surface area contributed by atoms with Crippen LogP contribution in [-0.2, 0) is 4.74 Å². The highest BCUT2D eigenvalue weighted by molar-refractivity contribution is 6.35. The van der Waals surface area contributed by atoms with E-state index in [1.54, 1.807) is 19.2 Å². The zero-order valence-corrected chi connectivity index (χ0v) is 14.6. The average molecular weight is 385 g/mol. The Bertz CT molecular complexity index is 798. The molecule has 0 aliphatic heterocycles. The largest absolute Gasteiger partial charge is 0.488 e. The van der Waals surface area contributed by atoms with Crippen LogP contribution in [0.5, 0.6) is 5.75 Å². The second kappa shape index (κ2) is 8.55. The molecule has 2 rings (SSSR count). The highest BCUT2D eigenvalue weighted by Crippen LogP contribution is 2.27. The number of anilines is 1. The van der Waals surface area contributed by atoms with Crippen LogP contribution in [0.25, 0.3) is 0 Å². The molecule has 132 valence electrons. The number of ether oxygens (including phenoxy) is 2. The van der Waals surface area contributed by atoms with E-state index >= 15 is 0 Å². The third-order valence-electron chi connectivity index (χ3n) is 3.17. The molecule has 0 aromatic heterocycles. The molecular weight excluding hydrogens is 371 g/mol. The van der Waals surface area contributed by atoms with Gasteiger partial charge in [0.15, 0.2) is 0 Å². The van der Waals surface area contributed by atoms with Crippen molar-refractivity contribution < 1.29 is 19.2 Å². The molecule has 0 fully saturated rings. The first kappa shape index (κ1) is 18.8. The number of esters is 1. The Hall–Kier alpha value is -2.51. The molecule has 0 saturated carbocycles. The molecule has 7 nitrogen and oxygen atoms in total. The van der Waals surface area contributed by atoms with E-state index in [1.165, 1.54) is 18.2 Å². The number of carbonyl (C=O) groups excluding carboxylic acids is 1. The molecule has 0 saturated heterocycles. The maximum atomic E-state index is 12.0. The number of nitro groups is 1. The Morgan fingerprint density at radius 1 is 1.20 bits per heavy atom. The summed E-state index contributed by atoms with van der Waals surface area (Å²) in [4.78, 5) is 22.4. The van der Waals surface area contributed by atoms with Gasteiger partial charge in [0.1, 0.15) is 24.7 Å². The van der Waals surface area contributed by atoms with Crippen LogP contribution >= 0.6 is 23.2 Å². The fourth-order valence-corrected chi connectivity index (χ4v) is 2.45. The van der Waals surface area contributed by atoms with Crippen LogP contribution in [0.4, 0.5) is 11.4 Å². The van der Waals surface area contributed by atoms with Crippen molar-refractivity contribution in [3.63, 3.8) is 0 Å². The number of hydrogen-bond donors (Lipinski definition) is 1. The molecule has 0 aliphatic rings. The van der Waals surface area contributed by atoms with Crippen LogP contribution < -0.4 is 10.1 Å². The highest BCUT2D eigenvalue weighted by Gasteiger charge is 2.17. The predicted molar refractivity (Wildman–Crippen MR) is 94.9 cm³/mol. The first-order valence-corrected chi connectivity index (χ1v) is 7.89. The summed E-state index contributed by atoms with van der Waals surface area (Å²) in [6.45, 7) is 0.0309. The Morgan fingerprint density at radius 2 is 1.96 bits per heavy atom. The summed E-state index contributed by atoms with van der Waals surface area (Å²) in [5, 5.41) is 14.5. The second-order valence-corrected chi connectivity index (χ2v) is 5.64. The van der Waals surface area contributed by atoms with Crippen molar-refractivity contribution in [1.29, 1.82) is 0 Å². The number of nitrogens with zero attached hydrogens (tertiary/aromatic N) is 1. The quantitative estimate of drug-likeness (QED) is 0.333. The molecule has 0 bridgehead atoms. The first-order valence-electron chi connectivity index (χ1n) is 7.13. The summed E-state index contributed by atoms with van der Waals surface area (Å²) in [5.41, 5.74) is 0.179. The normalized spacial score (nSPS) is 10.2. The van der Waals surface area contributed by atoms with Gasteiger partial charge in [-0.05, 0) is 30.3 Å². The minimum absolute atomic E-state index is 0.0423. The van der Waals surface area contributed by atoms with Crippen molar-refractivity contribution >= 4 is 40.5 Å². The zero-order valence-electron chi connectivity index (χ0n) is 13.1. The second-order valence-electron chi connectivity index (χ2n) is 4.80. The van der Waals surface area contributed by atoms with Crippen molar-refractivity contribution in [3.8, 4) is 5.75 Å². The smallest absolute Gasteiger partial charge is 0.338 e. The van der Waals surface area contributed by atoms with Gasteiger partial charge in [-0.2, -0.15) is 0 Å². The van der Waals surface area contributed by atoms with E-state index in [9.17, 15) is 14.9 Å². The monoisotopic (exact) mass is 384 g/mol. The third-order valence-corrected chi connectivity index (χ3v) is 3.70. The van der Waals surface area contributed by atoms with Gasteiger partial charge in [-0.15, -0.1) is 0 Å². The molecule has 25 heavy (non-hydrogen) atoms. The summed E-state index contributed by atoms with van der Waals surface area (Å²) in [6.07, 6.45) is 0. The number of hydrogen-bond acceptors (Lipinski definition) is 6. The molecule has 0 unspecified atom stereocenters. The van der Waals surface area contributed by atoms with Gasteiger partial charge in [-0.1, -0.05) is 23.2 Å². The number of rotatable bonds is 7. The summed E-state index contributed by atoms with van der Waals surface area (Å²) in [6, 6.07) is 8.80. The molecule has 2 aromatic rings. The molecule has 0 spiro atoms. The van der Waals surface area contributed by atoms with Crippen LogP contribution in [0.2, 0.25) is 10.0 Å². The summed E-state index contributed by atoms with van der Waals surface area (Å²) < 4.78 is 10.4. The number of benzene rings is 2. The molecule has 0 radical (unpaired) electrons. The fraction of sp³-hybridized carbons (Fsp3) is 0.188. The van der Waals surface area contributed by atoms with Gasteiger partial charge in [0.05, 0.1) is 15.5 Å². The number of nitro benzene ring substituents is 1. The minimum atomic E-state index is -0.684. The Kier molecular flexibility index (Phi) is 6.44. The lowest BCUT2D eigenvalue weighted by Crippen LogP contribution is -2.13. The van der Waals surface area contributed by atoms with Gasteiger partial charge in [-0.3, -0.25) is 10.1 Å². The topological polar surface area (TPSA) is 90.7 Å². The van der Waals surface area contributed by atoms with E-state index in [0.717, 1.165) is 6.07 Å². The molecule has 2 aromatic carbocycles. The van der Waals surface area contributed by atoms with Crippen LogP contribution in [0, 0.1) is 10.1 Å². The zero-order chi connectivity index (χ0) is 18.4. The summed E-state index contributed by atoms with van der Waals surface area (Å²) >= 11 is 11.7. The fourth-order valence-electron chi connectivity index (χ4n) is 1.98. The van der Waals surface area contributed by atoms with E-state index in [-0.39, 0.29) is 24.5 Å². The maximum Gasteiger partial charge on any atom is 0.338 e. The minimum Gasteiger partial charge on any atom is -0.488 e.